The second-order valence-electron chi connectivity index (χ2n) is 3.30. The molecule has 0 heterocycles. The molecular weight excluding hydrogens is 212 g/mol. The molecule has 0 amide bonds. The summed E-state index contributed by atoms with van der Waals surface area (Å²) in [7, 11) is 1.86. The molecule has 0 aliphatic heterocycles. The third-order valence-electron chi connectivity index (χ3n) is 2.06. The molecule has 0 aromatic carbocycles. The lowest BCUT2D eigenvalue weighted by atomic mass is 10.2. The van der Waals surface area contributed by atoms with E-state index < -0.39 is 0 Å². The van der Waals surface area contributed by atoms with Crippen molar-refractivity contribution in [3.05, 3.63) is 36.1 Å². The van der Waals surface area contributed by atoms with Crippen LogP contribution in [0.5, 0.6) is 0 Å². The van der Waals surface area contributed by atoms with Gasteiger partial charge in [-0.2, -0.15) is 5.26 Å². The van der Waals surface area contributed by atoms with Crippen LogP contribution in [0.2, 0.25) is 0 Å². The fourth-order valence-electron chi connectivity index (χ4n) is 1.16. The van der Waals surface area contributed by atoms with Crippen molar-refractivity contribution in [2.75, 3.05) is 26.7 Å². The van der Waals surface area contributed by atoms with Crippen LogP contribution in [0.1, 0.15) is 6.92 Å². The van der Waals surface area contributed by atoms with Crippen molar-refractivity contribution in [2.45, 2.75) is 6.92 Å². The van der Waals surface area contributed by atoms with Gasteiger partial charge in [0.05, 0.1) is 19.2 Å². The zero-order chi connectivity index (χ0) is 12.9. The van der Waals surface area contributed by atoms with E-state index in [2.05, 4.69) is 22.2 Å². The number of nitrogens with one attached hydrogen (secondary N) is 2. The number of rotatable bonds is 8. The Bertz CT molecular complexity index is 345. The van der Waals surface area contributed by atoms with Crippen molar-refractivity contribution < 1.29 is 0 Å². The molecule has 17 heavy (non-hydrogen) atoms. The van der Waals surface area contributed by atoms with Crippen LogP contribution < -0.4 is 10.6 Å². The summed E-state index contributed by atoms with van der Waals surface area (Å²) in [6.07, 6.45) is 7.40. The summed E-state index contributed by atoms with van der Waals surface area (Å²) >= 11 is 0. The minimum atomic E-state index is 0.373. The summed E-state index contributed by atoms with van der Waals surface area (Å²) in [4.78, 5) is 4.17. The van der Waals surface area contributed by atoms with Crippen LogP contribution in [-0.4, -0.2) is 32.9 Å². The smallest absolute Gasteiger partial charge is 0.0841 e. The van der Waals surface area contributed by atoms with Gasteiger partial charge in [0.15, 0.2) is 0 Å². The van der Waals surface area contributed by atoms with E-state index in [1.165, 1.54) is 0 Å². The Morgan fingerprint density at radius 1 is 1.53 bits per heavy atom. The van der Waals surface area contributed by atoms with Crippen LogP contribution in [-0.2, 0) is 0 Å². The first-order chi connectivity index (χ1) is 8.26. The molecule has 0 aromatic heterocycles. The lowest BCUT2D eigenvalue weighted by molar-refractivity contribution is 0.761. The summed E-state index contributed by atoms with van der Waals surface area (Å²) in [5.41, 5.74) is 2.11. The van der Waals surface area contributed by atoms with Crippen LogP contribution in [0.25, 0.3) is 0 Å². The Kier molecular flexibility index (Phi) is 9.49. The molecule has 0 saturated carbocycles. The van der Waals surface area contributed by atoms with E-state index >= 15 is 0 Å². The van der Waals surface area contributed by atoms with Gasteiger partial charge in [-0.15, -0.1) is 0 Å². The van der Waals surface area contributed by atoms with Gasteiger partial charge in [0.2, 0.25) is 0 Å². The minimum Gasteiger partial charge on any atom is -0.388 e. The van der Waals surface area contributed by atoms with E-state index in [4.69, 9.17) is 5.26 Å². The first-order valence-corrected chi connectivity index (χ1v) is 5.51. The highest BCUT2D eigenvalue weighted by Gasteiger charge is 1.89. The van der Waals surface area contributed by atoms with Crippen LogP contribution in [0, 0.1) is 11.3 Å². The molecule has 0 bridgehead atoms. The van der Waals surface area contributed by atoms with Crippen LogP contribution in [0.3, 0.4) is 0 Å². The summed E-state index contributed by atoms with van der Waals surface area (Å²) in [6.45, 7) is 7.50. The standard InChI is InChI=1S/C13H20N4/c1-4-13(15-3)12(2)6-5-8-16-10-11-17-9-7-14/h4-6,8,15,17H,1,9-11H2,2-3H3. The van der Waals surface area contributed by atoms with Gasteiger partial charge in [-0.3, -0.25) is 4.99 Å². The molecule has 4 heteroatoms. The Hall–Kier alpha value is -1.86. The Labute approximate surface area is 103 Å². The van der Waals surface area contributed by atoms with Crippen LogP contribution in [0.4, 0.5) is 0 Å². The maximum absolute atomic E-state index is 8.29. The molecule has 0 spiro atoms. The number of aliphatic imine (C=N–C) groups is 1. The molecule has 0 aliphatic carbocycles. The molecule has 0 aliphatic rings. The maximum Gasteiger partial charge on any atom is 0.0841 e. The van der Waals surface area contributed by atoms with E-state index in [1.54, 1.807) is 12.3 Å². The zero-order valence-electron chi connectivity index (χ0n) is 10.5. The van der Waals surface area contributed by atoms with Crippen LogP contribution in [0.15, 0.2) is 41.1 Å². The van der Waals surface area contributed by atoms with Gasteiger partial charge >= 0.3 is 0 Å². The number of nitriles is 1. The average molecular weight is 232 g/mol. The monoisotopic (exact) mass is 232 g/mol. The summed E-state index contributed by atoms with van der Waals surface area (Å²) in [5, 5.41) is 14.3. The quantitative estimate of drug-likeness (QED) is 0.288. The highest BCUT2D eigenvalue weighted by atomic mass is 14.9. The molecule has 0 unspecified atom stereocenters. The van der Waals surface area contributed by atoms with Crippen molar-refractivity contribution in [1.29, 1.82) is 5.26 Å². The number of hydrogen-bond acceptors (Lipinski definition) is 4. The van der Waals surface area contributed by atoms with Gasteiger partial charge in [0.1, 0.15) is 0 Å². The van der Waals surface area contributed by atoms with Gasteiger partial charge in [-0.05, 0) is 24.6 Å². The van der Waals surface area contributed by atoms with Gasteiger partial charge < -0.3 is 10.6 Å². The van der Waals surface area contributed by atoms with E-state index in [0.717, 1.165) is 17.8 Å². The molecule has 0 fully saturated rings. The fraction of sp³-hybridized carbons (Fsp3) is 0.385. The fourth-order valence-corrected chi connectivity index (χ4v) is 1.16. The molecule has 0 rings (SSSR count). The predicted molar refractivity (Wildman–Crippen MR) is 72.9 cm³/mol. The number of allylic oxidation sites excluding steroid dienone is 4. The van der Waals surface area contributed by atoms with E-state index in [9.17, 15) is 0 Å². The molecule has 0 atom stereocenters. The Morgan fingerprint density at radius 3 is 2.88 bits per heavy atom. The normalized spacial score (nSPS) is 12.5. The van der Waals surface area contributed by atoms with Crippen molar-refractivity contribution in [3.8, 4) is 6.07 Å². The van der Waals surface area contributed by atoms with Crippen LogP contribution >= 0.6 is 0 Å². The lowest BCUT2D eigenvalue weighted by Gasteiger charge is -2.02. The maximum atomic E-state index is 8.29. The van der Waals surface area contributed by atoms with Crippen molar-refractivity contribution in [3.63, 3.8) is 0 Å². The molecule has 92 valence electrons. The van der Waals surface area contributed by atoms with Crippen molar-refractivity contribution in [1.82, 2.24) is 10.6 Å². The molecule has 0 radical (unpaired) electrons. The summed E-state index contributed by atoms with van der Waals surface area (Å²) in [6, 6.07) is 2.01. The van der Waals surface area contributed by atoms with Crippen molar-refractivity contribution >= 4 is 6.21 Å². The van der Waals surface area contributed by atoms with E-state index in [-0.39, 0.29) is 0 Å². The highest BCUT2D eigenvalue weighted by Crippen LogP contribution is 2.01. The molecule has 0 aromatic rings. The third-order valence-corrected chi connectivity index (χ3v) is 2.06. The number of hydrogen-bond donors (Lipinski definition) is 2. The highest BCUT2D eigenvalue weighted by molar-refractivity contribution is 5.71. The third kappa shape index (κ3) is 8.00. The molecule has 2 N–H and O–H groups in total. The SMILES string of the molecule is C=CC(NC)=C(C)C=CC=NCCNCC#N. The van der Waals surface area contributed by atoms with Crippen molar-refractivity contribution in [2.24, 2.45) is 4.99 Å². The topological polar surface area (TPSA) is 60.2 Å². The van der Waals surface area contributed by atoms with Gasteiger partial charge in [0.25, 0.3) is 0 Å². The van der Waals surface area contributed by atoms with Gasteiger partial charge in [0, 0.05) is 25.5 Å². The van der Waals surface area contributed by atoms with E-state index in [1.807, 2.05) is 32.2 Å². The average Bonchev–Trinajstić information content (AvgIpc) is 2.34. The summed E-state index contributed by atoms with van der Waals surface area (Å²) in [5.74, 6) is 0. The largest absolute Gasteiger partial charge is 0.388 e. The Balaban J connectivity index is 3.94. The minimum absolute atomic E-state index is 0.373. The Morgan fingerprint density at radius 2 is 2.29 bits per heavy atom. The molecule has 4 nitrogen and oxygen atoms in total. The molecule has 0 saturated heterocycles. The first-order valence-electron chi connectivity index (χ1n) is 5.51. The summed E-state index contributed by atoms with van der Waals surface area (Å²) < 4.78 is 0. The first kappa shape index (κ1) is 15.1. The second kappa shape index (κ2) is 10.7. The molecular formula is C13H20N4. The predicted octanol–water partition coefficient (Wildman–Crippen LogP) is 1.41. The number of nitrogens with zero attached hydrogens (tertiary/aromatic N) is 2. The zero-order valence-corrected chi connectivity index (χ0v) is 10.5. The second-order valence-corrected chi connectivity index (χ2v) is 3.30. The van der Waals surface area contributed by atoms with Gasteiger partial charge in [-0.1, -0.05) is 12.7 Å². The number of likely N-dealkylation sites (N-methyl/N-ethyl adjacent to an activating group) is 1. The lowest BCUT2D eigenvalue weighted by Crippen LogP contribution is -2.17. The van der Waals surface area contributed by atoms with Gasteiger partial charge in [-0.25, -0.2) is 0 Å². The van der Waals surface area contributed by atoms with E-state index in [0.29, 0.717) is 13.1 Å².